The molecule has 6 fully saturated rings. The highest BCUT2D eigenvalue weighted by Gasteiger charge is 2.76. The summed E-state index contributed by atoms with van der Waals surface area (Å²) >= 11 is 0. The molecular formula is C28H46O4. The molecule has 4 saturated carbocycles. The highest BCUT2D eigenvalue weighted by molar-refractivity contribution is 5.21. The Morgan fingerprint density at radius 2 is 1.56 bits per heavy atom. The summed E-state index contributed by atoms with van der Waals surface area (Å²) in [6, 6.07) is 0. The maximum atomic E-state index is 12.2. The van der Waals surface area contributed by atoms with E-state index in [9.17, 15) is 10.2 Å². The van der Waals surface area contributed by atoms with Crippen LogP contribution in [0.4, 0.5) is 0 Å². The average Bonchev–Trinajstić information content (AvgIpc) is 3.20. The van der Waals surface area contributed by atoms with Crippen LogP contribution in [0.1, 0.15) is 99.3 Å². The Kier molecular flexibility index (Phi) is 4.55. The van der Waals surface area contributed by atoms with E-state index in [1.807, 2.05) is 6.92 Å². The summed E-state index contributed by atoms with van der Waals surface area (Å²) in [7, 11) is 0. The normalized spacial score (nSPS) is 63.0. The molecule has 2 saturated heterocycles. The van der Waals surface area contributed by atoms with E-state index in [-0.39, 0.29) is 29.1 Å². The van der Waals surface area contributed by atoms with Crippen molar-refractivity contribution in [2.75, 3.05) is 0 Å². The van der Waals surface area contributed by atoms with Gasteiger partial charge in [0.05, 0.1) is 17.8 Å². The summed E-state index contributed by atoms with van der Waals surface area (Å²) in [5.74, 6) is 2.51. The SMILES string of the molecule is C[C@H]1C[C@]2(O[C@H]3C[C@H]4[C@@H]5CC[C@H]6C[C@H](O)CC[C@]6(C)[C@H]5CC[C@]4(C)[C@H]3[C@@]2(C)O)OC1(C)C. The Balaban J connectivity index is 1.30. The first-order chi connectivity index (χ1) is 14.8. The van der Waals surface area contributed by atoms with Crippen LogP contribution in [0.2, 0.25) is 0 Å². The van der Waals surface area contributed by atoms with Gasteiger partial charge in [0.15, 0.2) is 5.79 Å². The van der Waals surface area contributed by atoms with Gasteiger partial charge in [-0.15, -0.1) is 0 Å². The molecule has 2 N–H and O–H groups in total. The van der Waals surface area contributed by atoms with E-state index in [0.717, 1.165) is 37.5 Å². The van der Waals surface area contributed by atoms with Crippen LogP contribution >= 0.6 is 0 Å². The lowest BCUT2D eigenvalue weighted by atomic mass is 9.44. The number of hydrogen-bond acceptors (Lipinski definition) is 4. The molecule has 6 rings (SSSR count). The van der Waals surface area contributed by atoms with Gasteiger partial charge in [-0.05, 0) is 113 Å². The van der Waals surface area contributed by atoms with Crippen molar-refractivity contribution in [1.82, 2.24) is 0 Å². The topological polar surface area (TPSA) is 58.9 Å². The second-order valence-electron chi connectivity index (χ2n) is 14.2. The molecule has 2 heterocycles. The number of ether oxygens (including phenoxy) is 2. The lowest BCUT2D eigenvalue weighted by Crippen LogP contribution is -2.59. The quantitative estimate of drug-likeness (QED) is 0.530. The lowest BCUT2D eigenvalue weighted by Gasteiger charge is -2.61. The van der Waals surface area contributed by atoms with E-state index in [1.54, 1.807) is 0 Å². The first-order valence-corrected chi connectivity index (χ1v) is 13.6. The van der Waals surface area contributed by atoms with Gasteiger partial charge in [0.2, 0.25) is 0 Å². The smallest absolute Gasteiger partial charge is 0.198 e. The van der Waals surface area contributed by atoms with Crippen LogP contribution in [-0.2, 0) is 9.47 Å². The zero-order chi connectivity index (χ0) is 22.9. The molecule has 0 amide bonds. The molecule has 12 atom stereocenters. The highest BCUT2D eigenvalue weighted by Crippen LogP contribution is 2.72. The molecule has 0 radical (unpaired) electrons. The summed E-state index contributed by atoms with van der Waals surface area (Å²) < 4.78 is 13.4. The van der Waals surface area contributed by atoms with Gasteiger partial charge in [0.1, 0.15) is 5.60 Å². The summed E-state index contributed by atoms with van der Waals surface area (Å²) in [5.41, 5.74) is -0.708. The number of rotatable bonds is 0. The molecule has 6 aliphatic rings. The van der Waals surface area contributed by atoms with Gasteiger partial charge >= 0.3 is 0 Å². The Hall–Kier alpha value is -0.160. The van der Waals surface area contributed by atoms with Crippen molar-refractivity contribution in [3.8, 4) is 0 Å². The van der Waals surface area contributed by atoms with E-state index in [4.69, 9.17) is 9.47 Å². The van der Waals surface area contributed by atoms with Crippen LogP contribution in [-0.4, -0.2) is 39.4 Å². The molecule has 4 heteroatoms. The van der Waals surface area contributed by atoms with Crippen LogP contribution in [0.3, 0.4) is 0 Å². The van der Waals surface area contributed by atoms with Crippen LogP contribution in [0.25, 0.3) is 0 Å². The predicted octanol–water partition coefficient (Wildman–Crippen LogP) is 5.30. The molecule has 4 nitrogen and oxygen atoms in total. The van der Waals surface area contributed by atoms with Crippen molar-refractivity contribution in [3.05, 3.63) is 0 Å². The standard InChI is InChI=1S/C28H46O4/c1-16-15-28(32-24(16,2)3)27(6,30)23-22(31-28)14-21-19-8-7-17-13-18(29)9-11-25(17,4)20(19)10-12-26(21,23)5/h16-23,29-30H,7-15H2,1-6H3/t16-,17-,18+,19+,20-,21-,22-,23-,25-,26-,27+,28-/m0/s1. The summed E-state index contributed by atoms with van der Waals surface area (Å²) in [5, 5.41) is 22.5. The van der Waals surface area contributed by atoms with Gasteiger partial charge in [-0.2, -0.15) is 0 Å². The van der Waals surface area contributed by atoms with E-state index < -0.39 is 11.4 Å². The lowest BCUT2D eigenvalue weighted by molar-refractivity contribution is -0.299. The van der Waals surface area contributed by atoms with E-state index >= 15 is 0 Å². The fourth-order valence-corrected chi connectivity index (χ4v) is 10.5. The minimum atomic E-state index is -0.952. The predicted molar refractivity (Wildman–Crippen MR) is 124 cm³/mol. The molecular weight excluding hydrogens is 400 g/mol. The van der Waals surface area contributed by atoms with Gasteiger partial charge in [-0.1, -0.05) is 20.8 Å². The summed E-state index contributed by atoms with van der Waals surface area (Å²) in [6.07, 6.45) is 10.1. The second-order valence-corrected chi connectivity index (χ2v) is 14.2. The molecule has 0 aromatic rings. The van der Waals surface area contributed by atoms with Crippen LogP contribution < -0.4 is 0 Å². The fraction of sp³-hybridized carbons (Fsp3) is 1.00. The van der Waals surface area contributed by atoms with Crippen molar-refractivity contribution < 1.29 is 19.7 Å². The minimum Gasteiger partial charge on any atom is -0.393 e. The Labute approximate surface area is 194 Å². The molecule has 2 aliphatic heterocycles. The van der Waals surface area contributed by atoms with Crippen LogP contribution in [0, 0.1) is 46.3 Å². The molecule has 32 heavy (non-hydrogen) atoms. The zero-order valence-corrected chi connectivity index (χ0v) is 21.2. The number of hydrogen-bond donors (Lipinski definition) is 2. The maximum Gasteiger partial charge on any atom is 0.198 e. The van der Waals surface area contributed by atoms with Crippen molar-refractivity contribution >= 4 is 0 Å². The third-order valence-corrected chi connectivity index (χ3v) is 12.6. The monoisotopic (exact) mass is 446 g/mol. The third-order valence-electron chi connectivity index (χ3n) is 12.6. The van der Waals surface area contributed by atoms with Crippen molar-refractivity contribution in [1.29, 1.82) is 0 Å². The minimum absolute atomic E-state index is 0.0814. The molecule has 1 spiro atoms. The fourth-order valence-electron chi connectivity index (χ4n) is 10.5. The van der Waals surface area contributed by atoms with Gasteiger partial charge in [-0.3, -0.25) is 0 Å². The van der Waals surface area contributed by atoms with Crippen LogP contribution in [0.15, 0.2) is 0 Å². The summed E-state index contributed by atoms with van der Waals surface area (Å²) in [4.78, 5) is 0. The second kappa shape index (κ2) is 6.53. The van der Waals surface area contributed by atoms with Gasteiger partial charge in [0.25, 0.3) is 0 Å². The zero-order valence-electron chi connectivity index (χ0n) is 21.2. The largest absolute Gasteiger partial charge is 0.393 e. The molecule has 4 aliphatic carbocycles. The first kappa shape index (κ1) is 22.3. The van der Waals surface area contributed by atoms with Gasteiger partial charge < -0.3 is 19.7 Å². The Bertz CT molecular complexity index is 792. The van der Waals surface area contributed by atoms with Gasteiger partial charge in [0, 0.05) is 12.3 Å². The molecule has 0 aromatic heterocycles. The first-order valence-electron chi connectivity index (χ1n) is 13.6. The van der Waals surface area contributed by atoms with Crippen LogP contribution in [0.5, 0.6) is 0 Å². The molecule has 0 aromatic carbocycles. The molecule has 182 valence electrons. The van der Waals surface area contributed by atoms with E-state index in [0.29, 0.717) is 23.2 Å². The number of aliphatic hydroxyl groups is 2. The van der Waals surface area contributed by atoms with Crippen molar-refractivity contribution in [2.24, 2.45) is 46.3 Å². The molecule has 0 bridgehead atoms. The Morgan fingerprint density at radius 1 is 0.844 bits per heavy atom. The molecule has 0 unspecified atom stereocenters. The Morgan fingerprint density at radius 3 is 2.25 bits per heavy atom. The third kappa shape index (κ3) is 2.59. The van der Waals surface area contributed by atoms with E-state index in [2.05, 4.69) is 34.6 Å². The summed E-state index contributed by atoms with van der Waals surface area (Å²) in [6.45, 7) is 13.6. The maximum absolute atomic E-state index is 12.2. The van der Waals surface area contributed by atoms with Crippen molar-refractivity contribution in [3.63, 3.8) is 0 Å². The van der Waals surface area contributed by atoms with E-state index in [1.165, 1.54) is 32.1 Å². The van der Waals surface area contributed by atoms with Crippen molar-refractivity contribution in [2.45, 2.75) is 129 Å². The van der Waals surface area contributed by atoms with Gasteiger partial charge in [-0.25, -0.2) is 0 Å². The number of aliphatic hydroxyl groups excluding tert-OH is 1. The highest BCUT2D eigenvalue weighted by atomic mass is 16.7. The number of fused-ring (bicyclic) bond motifs is 7. The average molecular weight is 447 g/mol.